The molecule has 1 heterocycles. The zero-order valence-electron chi connectivity index (χ0n) is 9.13. The molecule has 0 spiro atoms. The summed E-state index contributed by atoms with van der Waals surface area (Å²) in [5.41, 5.74) is 0.952. The molecule has 0 saturated carbocycles. The summed E-state index contributed by atoms with van der Waals surface area (Å²) in [5.74, 6) is 2.37. The molecule has 1 aromatic heterocycles. The van der Waals surface area contributed by atoms with E-state index in [1.165, 1.54) is 11.4 Å². The smallest absolute Gasteiger partial charge is 0.215 e. The molecule has 0 aromatic carbocycles. The number of aromatic nitrogens is 1. The lowest BCUT2D eigenvalue weighted by molar-refractivity contribution is 0.502. The topological polar surface area (TPSA) is 50.3 Å². The maximum atomic E-state index is 11.7. The SMILES string of the molecule is C#CCN(C)S(=O)(=O)CCc1ccncc1. The summed E-state index contributed by atoms with van der Waals surface area (Å²) in [7, 11) is -1.76. The molecule has 0 N–H and O–H groups in total. The first-order valence-corrected chi connectivity index (χ1v) is 6.43. The standard InChI is InChI=1S/C11H14N2O2S/c1-3-9-13(2)16(14,15)10-6-11-4-7-12-8-5-11/h1,4-5,7-8H,6,9-10H2,2H3. The first-order chi connectivity index (χ1) is 7.56. The molecule has 0 aliphatic heterocycles. The van der Waals surface area contributed by atoms with Gasteiger partial charge in [0.1, 0.15) is 0 Å². The third-order valence-corrected chi connectivity index (χ3v) is 3.99. The number of sulfonamides is 1. The number of aryl methyl sites for hydroxylation is 1. The van der Waals surface area contributed by atoms with Crippen molar-refractivity contribution in [1.29, 1.82) is 0 Å². The highest BCUT2D eigenvalue weighted by Gasteiger charge is 2.16. The van der Waals surface area contributed by atoms with Gasteiger partial charge in [0.15, 0.2) is 0 Å². The summed E-state index contributed by atoms with van der Waals surface area (Å²) < 4.78 is 24.6. The molecule has 1 aromatic rings. The molecule has 0 bridgehead atoms. The molecular formula is C11H14N2O2S. The summed E-state index contributed by atoms with van der Waals surface area (Å²) in [4.78, 5) is 3.87. The number of nitrogens with zero attached hydrogens (tertiary/aromatic N) is 2. The molecule has 5 heteroatoms. The van der Waals surface area contributed by atoms with Crippen LogP contribution in [0.4, 0.5) is 0 Å². The van der Waals surface area contributed by atoms with Gasteiger partial charge in [0, 0.05) is 19.4 Å². The molecule has 0 amide bonds. The maximum absolute atomic E-state index is 11.7. The maximum Gasteiger partial charge on any atom is 0.215 e. The van der Waals surface area contributed by atoms with Gasteiger partial charge in [-0.1, -0.05) is 5.92 Å². The Labute approximate surface area is 96.4 Å². The largest absolute Gasteiger partial charge is 0.265 e. The normalized spacial score (nSPS) is 11.3. The number of pyridine rings is 1. The van der Waals surface area contributed by atoms with Crippen LogP contribution in [0.25, 0.3) is 0 Å². The van der Waals surface area contributed by atoms with Crippen molar-refractivity contribution in [2.75, 3.05) is 19.3 Å². The minimum atomic E-state index is -3.25. The Balaban J connectivity index is 2.59. The number of rotatable bonds is 5. The summed E-state index contributed by atoms with van der Waals surface area (Å²) in [6.45, 7) is 0.110. The van der Waals surface area contributed by atoms with Crippen LogP contribution in [0, 0.1) is 12.3 Å². The molecule has 0 fully saturated rings. The second-order valence-electron chi connectivity index (χ2n) is 3.38. The van der Waals surface area contributed by atoms with Gasteiger partial charge in [-0.05, 0) is 24.1 Å². The average molecular weight is 238 g/mol. The van der Waals surface area contributed by atoms with Crippen molar-refractivity contribution in [2.24, 2.45) is 0 Å². The van der Waals surface area contributed by atoms with Crippen molar-refractivity contribution < 1.29 is 8.42 Å². The van der Waals surface area contributed by atoms with E-state index in [-0.39, 0.29) is 12.3 Å². The van der Waals surface area contributed by atoms with Gasteiger partial charge >= 0.3 is 0 Å². The summed E-state index contributed by atoms with van der Waals surface area (Å²) in [6, 6.07) is 3.60. The Morgan fingerprint density at radius 3 is 2.62 bits per heavy atom. The van der Waals surface area contributed by atoms with Crippen LogP contribution in [0.3, 0.4) is 0 Å². The lowest BCUT2D eigenvalue weighted by Crippen LogP contribution is -2.30. The van der Waals surface area contributed by atoms with Gasteiger partial charge < -0.3 is 0 Å². The molecule has 86 valence electrons. The van der Waals surface area contributed by atoms with E-state index in [1.54, 1.807) is 24.5 Å². The monoisotopic (exact) mass is 238 g/mol. The van der Waals surface area contributed by atoms with E-state index in [4.69, 9.17) is 6.42 Å². The van der Waals surface area contributed by atoms with Gasteiger partial charge in [-0.15, -0.1) is 6.42 Å². The van der Waals surface area contributed by atoms with Crippen LogP contribution in [0.5, 0.6) is 0 Å². The molecule has 4 nitrogen and oxygen atoms in total. The number of hydrogen-bond donors (Lipinski definition) is 0. The van der Waals surface area contributed by atoms with Crippen molar-refractivity contribution in [1.82, 2.24) is 9.29 Å². The molecule has 0 atom stereocenters. The fourth-order valence-electron chi connectivity index (χ4n) is 1.18. The lowest BCUT2D eigenvalue weighted by Gasteiger charge is -2.13. The van der Waals surface area contributed by atoms with Gasteiger partial charge in [-0.25, -0.2) is 8.42 Å². The van der Waals surface area contributed by atoms with Crippen LogP contribution in [-0.4, -0.2) is 37.1 Å². The Kier molecular flexibility index (Phi) is 4.47. The summed E-state index contributed by atoms with van der Waals surface area (Å²) >= 11 is 0. The molecule has 0 radical (unpaired) electrons. The van der Waals surface area contributed by atoms with Gasteiger partial charge in [0.05, 0.1) is 12.3 Å². The summed E-state index contributed by atoms with van der Waals surface area (Å²) in [5, 5.41) is 0. The summed E-state index contributed by atoms with van der Waals surface area (Å²) in [6.07, 6.45) is 8.83. The van der Waals surface area contributed by atoms with Crippen molar-refractivity contribution in [2.45, 2.75) is 6.42 Å². The highest BCUT2D eigenvalue weighted by atomic mass is 32.2. The second-order valence-corrected chi connectivity index (χ2v) is 5.58. The Morgan fingerprint density at radius 2 is 2.06 bits per heavy atom. The molecule has 16 heavy (non-hydrogen) atoms. The van der Waals surface area contributed by atoms with Crippen LogP contribution < -0.4 is 0 Å². The zero-order chi connectivity index (χ0) is 12.0. The van der Waals surface area contributed by atoms with E-state index in [2.05, 4.69) is 10.9 Å². The van der Waals surface area contributed by atoms with Crippen molar-refractivity contribution >= 4 is 10.0 Å². The van der Waals surface area contributed by atoms with E-state index in [1.807, 2.05) is 0 Å². The lowest BCUT2D eigenvalue weighted by atomic mass is 10.2. The van der Waals surface area contributed by atoms with E-state index in [0.29, 0.717) is 6.42 Å². The van der Waals surface area contributed by atoms with Gasteiger partial charge in [0.2, 0.25) is 10.0 Å². The van der Waals surface area contributed by atoms with Gasteiger partial charge in [-0.2, -0.15) is 4.31 Å². The van der Waals surface area contributed by atoms with E-state index < -0.39 is 10.0 Å². The van der Waals surface area contributed by atoms with Crippen LogP contribution in [0.1, 0.15) is 5.56 Å². The van der Waals surface area contributed by atoms with Gasteiger partial charge in [-0.3, -0.25) is 4.98 Å². The third-order valence-electron chi connectivity index (χ3n) is 2.19. The van der Waals surface area contributed by atoms with Crippen molar-refractivity contribution in [3.05, 3.63) is 30.1 Å². The third kappa shape index (κ3) is 3.65. The fourth-order valence-corrected chi connectivity index (χ4v) is 2.26. The van der Waals surface area contributed by atoms with Crippen LogP contribution in [0.15, 0.2) is 24.5 Å². The van der Waals surface area contributed by atoms with Crippen molar-refractivity contribution in [3.63, 3.8) is 0 Å². The number of terminal acetylenes is 1. The minimum absolute atomic E-state index is 0.0647. The Bertz CT molecular complexity index is 463. The average Bonchev–Trinajstić information content (AvgIpc) is 2.28. The second kappa shape index (κ2) is 5.64. The first kappa shape index (κ1) is 12.7. The molecule has 0 unspecified atom stereocenters. The highest BCUT2D eigenvalue weighted by Crippen LogP contribution is 2.03. The molecular weight excluding hydrogens is 224 g/mol. The molecule has 1 rings (SSSR count). The van der Waals surface area contributed by atoms with Crippen LogP contribution in [-0.2, 0) is 16.4 Å². The molecule has 0 saturated heterocycles. The molecule has 0 aliphatic carbocycles. The van der Waals surface area contributed by atoms with Crippen molar-refractivity contribution in [3.8, 4) is 12.3 Å². The highest BCUT2D eigenvalue weighted by molar-refractivity contribution is 7.89. The predicted molar refractivity (Wildman–Crippen MR) is 63.2 cm³/mol. The zero-order valence-corrected chi connectivity index (χ0v) is 9.94. The molecule has 0 aliphatic rings. The first-order valence-electron chi connectivity index (χ1n) is 4.82. The van der Waals surface area contributed by atoms with Crippen LogP contribution >= 0.6 is 0 Å². The van der Waals surface area contributed by atoms with E-state index in [0.717, 1.165) is 5.56 Å². The van der Waals surface area contributed by atoms with Crippen LogP contribution in [0.2, 0.25) is 0 Å². The van der Waals surface area contributed by atoms with E-state index in [9.17, 15) is 8.42 Å². The Morgan fingerprint density at radius 1 is 1.44 bits per heavy atom. The predicted octanol–water partition coefficient (Wildman–Crippen LogP) is 0.519. The van der Waals surface area contributed by atoms with Gasteiger partial charge in [0.25, 0.3) is 0 Å². The fraction of sp³-hybridized carbons (Fsp3) is 0.364. The minimum Gasteiger partial charge on any atom is -0.265 e. The number of hydrogen-bond acceptors (Lipinski definition) is 3. The quantitative estimate of drug-likeness (QED) is 0.703. The Hall–Kier alpha value is -1.38. The van der Waals surface area contributed by atoms with E-state index >= 15 is 0 Å².